The van der Waals surface area contributed by atoms with Crippen LogP contribution in [0.1, 0.15) is 19.2 Å². The number of aryl methyl sites for hydroxylation is 1. The van der Waals surface area contributed by atoms with Gasteiger partial charge in [0.05, 0.1) is 4.99 Å². The van der Waals surface area contributed by atoms with Gasteiger partial charge in [0.2, 0.25) is 0 Å². The molecule has 5 nitrogen and oxygen atoms in total. The van der Waals surface area contributed by atoms with Gasteiger partial charge in [-0.1, -0.05) is 12.2 Å². The molecule has 0 aliphatic carbocycles. The molecule has 0 radical (unpaired) electrons. The van der Waals surface area contributed by atoms with E-state index >= 15 is 0 Å². The summed E-state index contributed by atoms with van der Waals surface area (Å²) in [7, 11) is 1.87. The second-order valence-electron chi connectivity index (χ2n) is 3.82. The lowest BCUT2D eigenvalue weighted by atomic mass is 10.2. The number of nitrogens with zero attached hydrogens (tertiary/aromatic N) is 2. The van der Waals surface area contributed by atoms with Crippen LogP contribution in [-0.2, 0) is 0 Å². The molecule has 6 heteroatoms. The van der Waals surface area contributed by atoms with E-state index in [4.69, 9.17) is 18.0 Å². The fraction of sp³-hybridized carbons (Fsp3) is 0.500. The van der Waals surface area contributed by atoms with Gasteiger partial charge in [0, 0.05) is 25.6 Å². The SMILES string of the molecule is Cc1nc(N(C)C(C)CC(N)=S)cc(=O)[nH]1. The van der Waals surface area contributed by atoms with E-state index in [1.54, 1.807) is 6.92 Å². The zero-order valence-corrected chi connectivity index (χ0v) is 10.5. The van der Waals surface area contributed by atoms with Crippen molar-refractivity contribution >= 4 is 23.0 Å². The van der Waals surface area contributed by atoms with Crippen molar-refractivity contribution in [2.75, 3.05) is 11.9 Å². The van der Waals surface area contributed by atoms with Gasteiger partial charge in [-0.2, -0.15) is 0 Å². The highest BCUT2D eigenvalue weighted by Crippen LogP contribution is 2.11. The van der Waals surface area contributed by atoms with Crippen molar-refractivity contribution in [2.24, 2.45) is 5.73 Å². The molecular weight excluding hydrogens is 224 g/mol. The molecule has 0 saturated heterocycles. The van der Waals surface area contributed by atoms with Crippen LogP contribution in [0, 0.1) is 6.92 Å². The standard InChI is InChI=1S/C10H16N4OS/c1-6(4-8(11)16)14(3)9-5-10(15)13-7(2)12-9/h5-6H,4H2,1-3H3,(H2,11,16)(H,12,13,15). The molecule has 3 N–H and O–H groups in total. The maximum absolute atomic E-state index is 11.3. The first-order chi connectivity index (χ1) is 7.40. The smallest absolute Gasteiger partial charge is 0.252 e. The van der Waals surface area contributed by atoms with E-state index in [2.05, 4.69) is 9.97 Å². The predicted octanol–water partition coefficient (Wildman–Crippen LogP) is 0.579. The second kappa shape index (κ2) is 5.07. The summed E-state index contributed by atoms with van der Waals surface area (Å²) in [6.45, 7) is 3.73. The lowest BCUT2D eigenvalue weighted by Crippen LogP contribution is -2.34. The molecule has 1 atom stereocenters. The Hall–Kier alpha value is -1.43. The normalized spacial score (nSPS) is 12.2. The highest BCUT2D eigenvalue weighted by molar-refractivity contribution is 7.80. The quantitative estimate of drug-likeness (QED) is 0.753. The minimum atomic E-state index is -0.156. The number of nitrogens with two attached hydrogens (primary N) is 1. The average Bonchev–Trinajstić information content (AvgIpc) is 2.13. The first-order valence-electron chi connectivity index (χ1n) is 4.99. The Morgan fingerprint density at radius 3 is 2.88 bits per heavy atom. The fourth-order valence-electron chi connectivity index (χ4n) is 1.40. The van der Waals surface area contributed by atoms with Crippen LogP contribution in [0.15, 0.2) is 10.9 Å². The largest absolute Gasteiger partial charge is 0.393 e. The number of hydrogen-bond donors (Lipinski definition) is 2. The van der Waals surface area contributed by atoms with Crippen molar-refractivity contribution in [3.8, 4) is 0 Å². The summed E-state index contributed by atoms with van der Waals surface area (Å²) in [6.07, 6.45) is 0.597. The monoisotopic (exact) mass is 240 g/mol. The Bertz CT molecular complexity index is 443. The molecular formula is C10H16N4OS. The van der Waals surface area contributed by atoms with E-state index < -0.39 is 0 Å². The van der Waals surface area contributed by atoms with Crippen molar-refractivity contribution in [3.05, 3.63) is 22.2 Å². The van der Waals surface area contributed by atoms with E-state index in [9.17, 15) is 4.79 Å². The summed E-state index contributed by atoms with van der Waals surface area (Å²) in [4.78, 5) is 20.5. The molecule has 0 saturated carbocycles. The summed E-state index contributed by atoms with van der Waals surface area (Å²) in [5.74, 6) is 1.22. The lowest BCUT2D eigenvalue weighted by Gasteiger charge is -2.25. The number of anilines is 1. The van der Waals surface area contributed by atoms with Gasteiger partial charge < -0.3 is 15.6 Å². The summed E-state index contributed by atoms with van der Waals surface area (Å²) in [6, 6.07) is 1.58. The molecule has 0 spiro atoms. The summed E-state index contributed by atoms with van der Waals surface area (Å²) >= 11 is 4.86. The number of thiocarbonyl (C=S) groups is 1. The number of rotatable bonds is 4. The van der Waals surface area contributed by atoms with Gasteiger partial charge >= 0.3 is 0 Å². The van der Waals surface area contributed by atoms with Crippen molar-refractivity contribution in [3.63, 3.8) is 0 Å². The molecule has 0 aliphatic heterocycles. The van der Waals surface area contributed by atoms with E-state index in [0.29, 0.717) is 23.1 Å². The molecule has 0 bridgehead atoms. The lowest BCUT2D eigenvalue weighted by molar-refractivity contribution is 0.701. The third-order valence-corrected chi connectivity index (χ3v) is 2.53. The Balaban J connectivity index is 2.91. The molecule has 1 aromatic rings. The van der Waals surface area contributed by atoms with E-state index in [1.165, 1.54) is 6.07 Å². The number of hydrogen-bond acceptors (Lipinski definition) is 4. The zero-order valence-electron chi connectivity index (χ0n) is 9.65. The van der Waals surface area contributed by atoms with Gasteiger partial charge in [-0.05, 0) is 13.8 Å². The van der Waals surface area contributed by atoms with Gasteiger partial charge in [-0.25, -0.2) is 4.98 Å². The average molecular weight is 240 g/mol. The van der Waals surface area contributed by atoms with Crippen molar-refractivity contribution in [2.45, 2.75) is 26.3 Å². The molecule has 0 aliphatic rings. The zero-order chi connectivity index (χ0) is 12.3. The molecule has 1 aromatic heterocycles. The highest BCUT2D eigenvalue weighted by atomic mass is 32.1. The molecule has 1 rings (SSSR count). The summed E-state index contributed by atoms with van der Waals surface area (Å²) in [5, 5.41) is 0. The second-order valence-corrected chi connectivity index (χ2v) is 4.34. The highest BCUT2D eigenvalue weighted by Gasteiger charge is 2.13. The van der Waals surface area contributed by atoms with Crippen molar-refractivity contribution in [1.29, 1.82) is 0 Å². The van der Waals surface area contributed by atoms with E-state index in [1.807, 2.05) is 18.9 Å². The molecule has 1 heterocycles. The number of nitrogens with one attached hydrogen (secondary N) is 1. The molecule has 1 unspecified atom stereocenters. The maximum atomic E-state index is 11.3. The van der Waals surface area contributed by atoms with Crippen LogP contribution in [0.2, 0.25) is 0 Å². The molecule has 16 heavy (non-hydrogen) atoms. The van der Waals surface area contributed by atoms with Crippen LogP contribution < -0.4 is 16.2 Å². The molecule has 88 valence electrons. The first kappa shape index (κ1) is 12.6. The topological polar surface area (TPSA) is 75.0 Å². The Morgan fingerprint density at radius 1 is 1.75 bits per heavy atom. The number of aromatic nitrogens is 2. The Labute approximate surface area is 99.7 Å². The van der Waals surface area contributed by atoms with E-state index in [0.717, 1.165) is 0 Å². The molecule has 0 fully saturated rings. The molecule has 0 amide bonds. The third-order valence-electron chi connectivity index (χ3n) is 2.37. The first-order valence-corrected chi connectivity index (χ1v) is 5.40. The van der Waals surface area contributed by atoms with Crippen molar-refractivity contribution < 1.29 is 0 Å². The van der Waals surface area contributed by atoms with Crippen LogP contribution >= 0.6 is 12.2 Å². The Kier molecular flexibility index (Phi) is 4.00. The summed E-state index contributed by atoms with van der Waals surface area (Å²) < 4.78 is 0. The summed E-state index contributed by atoms with van der Waals surface area (Å²) in [5.41, 5.74) is 5.33. The van der Waals surface area contributed by atoms with E-state index in [-0.39, 0.29) is 11.6 Å². The van der Waals surface area contributed by atoms with Gasteiger partial charge in [-0.15, -0.1) is 0 Å². The Morgan fingerprint density at radius 2 is 2.38 bits per heavy atom. The number of H-pyrrole nitrogens is 1. The van der Waals surface area contributed by atoms with Crippen molar-refractivity contribution in [1.82, 2.24) is 9.97 Å². The van der Waals surface area contributed by atoms with Gasteiger partial charge in [0.15, 0.2) is 0 Å². The van der Waals surface area contributed by atoms with Crippen LogP contribution in [0.5, 0.6) is 0 Å². The third kappa shape index (κ3) is 3.30. The maximum Gasteiger partial charge on any atom is 0.252 e. The van der Waals surface area contributed by atoms with Crippen LogP contribution in [0.3, 0.4) is 0 Å². The van der Waals surface area contributed by atoms with Gasteiger partial charge in [0.25, 0.3) is 5.56 Å². The predicted molar refractivity (Wildman–Crippen MR) is 68.9 cm³/mol. The van der Waals surface area contributed by atoms with Crippen LogP contribution in [0.25, 0.3) is 0 Å². The minimum Gasteiger partial charge on any atom is -0.393 e. The molecule has 0 aromatic carbocycles. The van der Waals surface area contributed by atoms with Crippen LogP contribution in [-0.4, -0.2) is 28.0 Å². The van der Waals surface area contributed by atoms with Gasteiger partial charge in [0.1, 0.15) is 11.6 Å². The fourth-order valence-corrected chi connectivity index (χ4v) is 1.64. The minimum absolute atomic E-state index is 0.117. The number of aromatic amines is 1. The van der Waals surface area contributed by atoms with Gasteiger partial charge in [-0.3, -0.25) is 4.79 Å². The van der Waals surface area contributed by atoms with Crippen LogP contribution in [0.4, 0.5) is 5.82 Å².